The van der Waals surface area contributed by atoms with Crippen LogP contribution in [0.25, 0.3) is 0 Å². The van der Waals surface area contributed by atoms with Gasteiger partial charge >= 0.3 is 5.97 Å². The summed E-state index contributed by atoms with van der Waals surface area (Å²) in [5.41, 5.74) is -11.1. The lowest BCUT2D eigenvalue weighted by atomic mass is 9.12. The zero-order valence-corrected chi connectivity index (χ0v) is 35.4. The van der Waals surface area contributed by atoms with Gasteiger partial charge in [0, 0.05) is 16.5 Å². The van der Waals surface area contributed by atoms with Gasteiger partial charge in [-0.15, -0.1) is 21.9 Å². The summed E-state index contributed by atoms with van der Waals surface area (Å²) in [6.45, 7) is 2.15. The molecule has 0 aromatic heterocycles. The van der Waals surface area contributed by atoms with Crippen molar-refractivity contribution in [1.29, 1.82) is 0 Å². The lowest BCUT2D eigenvalue weighted by Gasteiger charge is -2.44. The number of hydrogen-bond donors (Lipinski definition) is 0. The van der Waals surface area contributed by atoms with Crippen LogP contribution < -0.4 is 26.6 Å². The first-order valence-corrected chi connectivity index (χ1v) is 20.9. The summed E-state index contributed by atoms with van der Waals surface area (Å²) < 4.78 is 299. The van der Waals surface area contributed by atoms with E-state index in [0.29, 0.717) is 11.3 Å². The molecule has 0 saturated carbocycles. The van der Waals surface area contributed by atoms with Gasteiger partial charge in [-0.1, -0.05) is 42.5 Å². The molecular formula is C46H21BF20O2S. The maximum absolute atomic E-state index is 15.4. The van der Waals surface area contributed by atoms with E-state index in [1.807, 2.05) is 30.3 Å². The molecule has 2 nitrogen and oxygen atoms in total. The molecule has 0 saturated heterocycles. The highest BCUT2D eigenvalue weighted by Crippen LogP contribution is 2.31. The minimum absolute atomic E-state index is 0.108. The van der Waals surface area contributed by atoms with E-state index in [4.69, 9.17) is 4.74 Å². The summed E-state index contributed by atoms with van der Waals surface area (Å²) in [6.07, 6.45) is -4.97. The van der Waals surface area contributed by atoms with Gasteiger partial charge in [0.2, 0.25) is 0 Å². The Hall–Kier alpha value is -6.98. The van der Waals surface area contributed by atoms with E-state index in [1.54, 1.807) is 12.1 Å². The van der Waals surface area contributed by atoms with E-state index in [-0.39, 0.29) is 16.9 Å². The third-order valence-corrected chi connectivity index (χ3v) is 12.6. The van der Waals surface area contributed by atoms with E-state index in [0.717, 1.165) is 5.75 Å². The SMILES string of the molecule is Cc1ccccc1C[S+](C)c1ccc(OC(=O)c2ccccc2)cc1.Fc1c(F)c(F)c([B-](c2c(F)c(F)c(F)c(F)c2F)(c2c(F)c(F)c(F)c(F)c2F)c2c(F)c(F)c(F)c(F)c2F)c(F)c1F. The Morgan fingerprint density at radius 2 is 0.686 bits per heavy atom. The number of aryl methyl sites for hydroxylation is 1. The fourth-order valence-electron chi connectivity index (χ4n) is 7.44. The van der Waals surface area contributed by atoms with E-state index in [9.17, 15) is 57.5 Å². The molecule has 0 N–H and O–H groups in total. The minimum Gasteiger partial charge on any atom is -0.423 e. The number of esters is 1. The molecule has 7 aromatic carbocycles. The standard InChI is InChI=1S/C24BF20.C22H21O2S/c26-5-1(6(27)14(35)21(42)13(5)34)25(2-7(28)15(36)22(43)16(37)8(2)29,3-9(30)17(38)23(44)18(39)10(3)31)4-11(32)19(40)24(45)20(41)12(4)33;1-17-8-6-7-11-19(17)16-25(2)21-14-12-20(13-15-21)24-22(23)18-9-4-3-5-10-18/h;3-15H,16H2,1-2H3/q-1;+1. The summed E-state index contributed by atoms with van der Waals surface area (Å²) in [5.74, 6) is -70.1. The molecule has 70 heavy (non-hydrogen) atoms. The average molecular weight is 1030 g/mol. The van der Waals surface area contributed by atoms with Crippen molar-refractivity contribution in [2.45, 2.75) is 17.6 Å². The normalized spacial score (nSPS) is 11.9. The van der Waals surface area contributed by atoms with Crippen molar-refractivity contribution in [3.05, 3.63) is 212 Å². The molecule has 0 aliphatic rings. The zero-order valence-electron chi connectivity index (χ0n) is 34.6. The van der Waals surface area contributed by atoms with E-state index in [2.05, 4.69) is 49.6 Å². The number of ether oxygens (including phenoxy) is 1. The summed E-state index contributed by atoms with van der Waals surface area (Å²) in [6, 6.07) is 25.4. The lowest BCUT2D eigenvalue weighted by Crippen LogP contribution is -2.81. The molecule has 0 aliphatic heterocycles. The molecule has 0 bridgehead atoms. The smallest absolute Gasteiger partial charge is 0.343 e. The first-order valence-electron chi connectivity index (χ1n) is 19.1. The lowest BCUT2D eigenvalue weighted by molar-refractivity contribution is 0.0734. The zero-order chi connectivity index (χ0) is 52.0. The van der Waals surface area contributed by atoms with Gasteiger partial charge in [0.05, 0.1) is 5.56 Å². The second-order valence-electron chi connectivity index (χ2n) is 14.7. The second-order valence-corrected chi connectivity index (χ2v) is 16.8. The monoisotopic (exact) mass is 1030 g/mol. The van der Waals surface area contributed by atoms with E-state index in [1.165, 1.54) is 16.0 Å². The third kappa shape index (κ3) is 8.80. The van der Waals surface area contributed by atoms with Gasteiger partial charge in [-0.3, -0.25) is 0 Å². The van der Waals surface area contributed by atoms with Crippen LogP contribution in [-0.4, -0.2) is 18.4 Å². The molecule has 0 aliphatic carbocycles. The number of benzene rings is 7. The van der Waals surface area contributed by atoms with Crippen LogP contribution in [0.15, 0.2) is 83.8 Å². The van der Waals surface area contributed by atoms with Crippen LogP contribution in [0.1, 0.15) is 21.5 Å². The Bertz CT molecular complexity index is 2830. The van der Waals surface area contributed by atoms with Crippen molar-refractivity contribution in [2.75, 3.05) is 6.26 Å². The Balaban J connectivity index is 0.000000270. The largest absolute Gasteiger partial charge is 0.423 e. The van der Waals surface area contributed by atoms with Gasteiger partial charge in [-0.25, -0.2) is 92.6 Å². The molecule has 0 amide bonds. The van der Waals surface area contributed by atoms with Gasteiger partial charge in [0.1, 0.15) is 70.4 Å². The maximum atomic E-state index is 15.4. The van der Waals surface area contributed by atoms with E-state index >= 15 is 35.1 Å². The van der Waals surface area contributed by atoms with Gasteiger partial charge < -0.3 is 4.74 Å². The van der Waals surface area contributed by atoms with Crippen LogP contribution in [0, 0.1) is 123 Å². The highest BCUT2D eigenvalue weighted by atomic mass is 32.2. The average Bonchev–Trinajstić information content (AvgIpc) is 3.35. The first kappa shape index (κ1) is 52.4. The molecule has 7 aromatic rings. The highest BCUT2D eigenvalue weighted by molar-refractivity contribution is 7.95. The first-order chi connectivity index (χ1) is 32.8. The third-order valence-electron chi connectivity index (χ3n) is 10.8. The molecular weight excluding hydrogens is 1010 g/mol. The molecule has 0 fully saturated rings. The molecule has 1 unspecified atom stereocenters. The Morgan fingerprint density at radius 3 is 1.00 bits per heavy atom. The number of hydrogen-bond acceptors (Lipinski definition) is 2. The predicted octanol–water partition coefficient (Wildman–Crippen LogP) is 10.9. The van der Waals surface area contributed by atoms with Crippen LogP contribution >= 0.6 is 0 Å². The number of carbonyl (C=O) groups excluding carboxylic acids is 1. The van der Waals surface area contributed by atoms with Gasteiger partial charge in [-0.05, 0) is 48.9 Å². The fourth-order valence-corrected chi connectivity index (χ4v) is 9.00. The Labute approximate surface area is 383 Å². The van der Waals surface area contributed by atoms with E-state index < -0.39 is 144 Å². The van der Waals surface area contributed by atoms with Crippen LogP contribution in [0.3, 0.4) is 0 Å². The van der Waals surface area contributed by atoms with Crippen molar-refractivity contribution < 1.29 is 97.3 Å². The van der Waals surface area contributed by atoms with Gasteiger partial charge in [-0.2, -0.15) is 0 Å². The quantitative estimate of drug-likeness (QED) is 0.0274. The predicted molar refractivity (Wildman–Crippen MR) is 213 cm³/mol. The van der Waals surface area contributed by atoms with Crippen molar-refractivity contribution >= 4 is 44.9 Å². The number of carbonyl (C=O) groups is 1. The second kappa shape index (κ2) is 20.2. The summed E-state index contributed by atoms with van der Waals surface area (Å²) >= 11 is 0. The number of rotatable bonds is 9. The Morgan fingerprint density at radius 1 is 0.400 bits per heavy atom. The van der Waals surface area contributed by atoms with Crippen LogP contribution in [0.4, 0.5) is 87.8 Å². The topological polar surface area (TPSA) is 26.3 Å². The molecule has 1 atom stereocenters. The summed E-state index contributed by atoms with van der Waals surface area (Å²) in [5, 5.41) is 0. The van der Waals surface area contributed by atoms with Crippen molar-refractivity contribution in [2.24, 2.45) is 0 Å². The van der Waals surface area contributed by atoms with Crippen molar-refractivity contribution in [1.82, 2.24) is 0 Å². The highest BCUT2D eigenvalue weighted by Gasteiger charge is 2.52. The molecule has 0 spiro atoms. The molecule has 0 heterocycles. The molecule has 0 radical (unpaired) electrons. The fraction of sp³-hybridized carbons (Fsp3) is 0.0652. The van der Waals surface area contributed by atoms with Crippen LogP contribution in [0.2, 0.25) is 0 Å². The van der Waals surface area contributed by atoms with Crippen molar-refractivity contribution in [3.8, 4) is 5.75 Å². The van der Waals surface area contributed by atoms with Crippen LogP contribution in [-0.2, 0) is 16.6 Å². The maximum Gasteiger partial charge on any atom is 0.343 e. The molecule has 366 valence electrons. The van der Waals surface area contributed by atoms with Gasteiger partial charge in [0.15, 0.2) is 74.7 Å². The summed E-state index contributed by atoms with van der Waals surface area (Å²) in [4.78, 5) is 13.4. The Kier molecular flexibility index (Phi) is 15.1. The van der Waals surface area contributed by atoms with Gasteiger partial charge in [0.25, 0.3) is 0 Å². The molecule has 24 heteroatoms. The van der Waals surface area contributed by atoms with Crippen molar-refractivity contribution in [3.63, 3.8) is 0 Å². The number of halogens is 20. The summed E-state index contributed by atoms with van der Waals surface area (Å²) in [7, 11) is 0.108. The van der Waals surface area contributed by atoms with Crippen LogP contribution in [0.5, 0.6) is 5.75 Å². The molecule has 7 rings (SSSR count). The minimum atomic E-state index is -7.22.